The van der Waals surface area contributed by atoms with Crippen LogP contribution in [0.3, 0.4) is 0 Å². The first-order chi connectivity index (χ1) is 4.74. The monoisotopic (exact) mass is 160 g/mol. The summed E-state index contributed by atoms with van der Waals surface area (Å²) in [6.07, 6.45) is 1.30. The molecule has 0 aromatic rings. The second-order valence-corrected chi connectivity index (χ2v) is 3.41. The van der Waals surface area contributed by atoms with Gasteiger partial charge in [0.2, 0.25) is 0 Å². The minimum atomic E-state index is 0.757. The first kappa shape index (κ1) is 8.37. The topological polar surface area (TPSA) is 6.48 Å². The number of rotatable bonds is 2. The van der Waals surface area contributed by atoms with Gasteiger partial charge in [0.15, 0.2) is 0 Å². The molecule has 0 amide bonds. The number of hydrogen-bond acceptors (Lipinski definition) is 3. The van der Waals surface area contributed by atoms with Crippen molar-refractivity contribution in [2.45, 2.75) is 12.5 Å². The van der Waals surface area contributed by atoms with E-state index in [0.29, 0.717) is 0 Å². The molecule has 60 valence electrons. The zero-order valence-electron chi connectivity index (χ0n) is 6.75. The summed E-state index contributed by atoms with van der Waals surface area (Å²) in [5.41, 5.74) is 0. The smallest absolute Gasteiger partial charge is 0.0414 e. The molecule has 1 heterocycles. The fraction of sp³-hybridized carbons (Fsp3) is 1.00. The molecule has 0 N–H and O–H groups in total. The van der Waals surface area contributed by atoms with E-state index in [1.807, 2.05) is 0 Å². The molecule has 0 spiro atoms. The Morgan fingerprint density at radius 3 is 2.60 bits per heavy atom. The quantitative estimate of drug-likeness (QED) is 0.588. The van der Waals surface area contributed by atoms with Gasteiger partial charge in [-0.1, -0.05) is 0 Å². The predicted molar refractivity (Wildman–Crippen MR) is 47.5 cm³/mol. The second kappa shape index (κ2) is 3.60. The average molecular weight is 160 g/mol. The zero-order valence-corrected chi connectivity index (χ0v) is 7.64. The molecule has 0 saturated carbocycles. The van der Waals surface area contributed by atoms with Gasteiger partial charge in [0.25, 0.3) is 0 Å². The Morgan fingerprint density at radius 2 is 2.30 bits per heavy atom. The molecule has 0 bridgehead atoms. The lowest BCUT2D eigenvalue weighted by Gasteiger charge is -2.18. The van der Waals surface area contributed by atoms with Gasteiger partial charge in [-0.3, -0.25) is 4.90 Å². The summed E-state index contributed by atoms with van der Waals surface area (Å²) in [5.74, 6) is 0.907. The SMILES string of the molecule is CN(C)[C@H]1CCN(CS)C1. The van der Waals surface area contributed by atoms with Crippen LogP contribution in [-0.4, -0.2) is 48.9 Å². The van der Waals surface area contributed by atoms with Crippen LogP contribution >= 0.6 is 12.6 Å². The highest BCUT2D eigenvalue weighted by molar-refractivity contribution is 7.80. The number of likely N-dealkylation sites (tertiary alicyclic amines) is 1. The van der Waals surface area contributed by atoms with Crippen LogP contribution in [0.25, 0.3) is 0 Å². The van der Waals surface area contributed by atoms with Gasteiger partial charge in [-0.25, -0.2) is 0 Å². The van der Waals surface area contributed by atoms with Gasteiger partial charge in [0, 0.05) is 25.0 Å². The van der Waals surface area contributed by atoms with E-state index in [4.69, 9.17) is 0 Å². The fourth-order valence-corrected chi connectivity index (χ4v) is 1.62. The van der Waals surface area contributed by atoms with Crippen LogP contribution < -0.4 is 0 Å². The largest absolute Gasteiger partial charge is 0.305 e. The van der Waals surface area contributed by atoms with Gasteiger partial charge in [0.1, 0.15) is 0 Å². The normalized spacial score (nSPS) is 28.2. The predicted octanol–water partition coefficient (Wildman–Crippen LogP) is 0.510. The molecule has 1 atom stereocenters. The minimum absolute atomic E-state index is 0.757. The van der Waals surface area contributed by atoms with Crippen molar-refractivity contribution in [2.24, 2.45) is 0 Å². The lowest BCUT2D eigenvalue weighted by molar-refractivity contribution is 0.285. The van der Waals surface area contributed by atoms with Crippen molar-refractivity contribution in [1.82, 2.24) is 9.80 Å². The van der Waals surface area contributed by atoms with Crippen LogP contribution in [0.5, 0.6) is 0 Å². The van der Waals surface area contributed by atoms with Gasteiger partial charge in [-0.2, -0.15) is 12.6 Å². The maximum atomic E-state index is 4.23. The highest BCUT2D eigenvalue weighted by atomic mass is 32.1. The Bertz CT molecular complexity index is 106. The Balaban J connectivity index is 2.28. The van der Waals surface area contributed by atoms with E-state index in [2.05, 4.69) is 36.5 Å². The minimum Gasteiger partial charge on any atom is -0.305 e. The fourth-order valence-electron chi connectivity index (χ4n) is 1.36. The average Bonchev–Trinajstić information content (AvgIpc) is 2.34. The van der Waals surface area contributed by atoms with Crippen LogP contribution in [0.4, 0.5) is 0 Å². The molecule has 0 unspecified atom stereocenters. The van der Waals surface area contributed by atoms with Crippen molar-refractivity contribution < 1.29 is 0 Å². The summed E-state index contributed by atoms with van der Waals surface area (Å²) in [4.78, 5) is 4.66. The highest BCUT2D eigenvalue weighted by Crippen LogP contribution is 2.12. The third-order valence-electron chi connectivity index (χ3n) is 2.18. The first-order valence-corrected chi connectivity index (χ1v) is 4.37. The van der Waals surface area contributed by atoms with E-state index in [1.54, 1.807) is 0 Å². The van der Waals surface area contributed by atoms with Crippen LogP contribution in [0.1, 0.15) is 6.42 Å². The highest BCUT2D eigenvalue weighted by Gasteiger charge is 2.22. The van der Waals surface area contributed by atoms with E-state index in [9.17, 15) is 0 Å². The summed E-state index contributed by atoms with van der Waals surface area (Å²) in [6.45, 7) is 2.41. The van der Waals surface area contributed by atoms with E-state index in [0.717, 1.165) is 11.9 Å². The molecule has 0 aromatic carbocycles. The second-order valence-electron chi connectivity index (χ2n) is 3.12. The standard InChI is InChI=1S/C7H16N2S/c1-8(2)7-3-4-9(5-7)6-10/h7,10H,3-6H2,1-2H3/t7-/m0/s1. The lowest BCUT2D eigenvalue weighted by atomic mass is 10.2. The molecule has 0 aromatic heterocycles. The van der Waals surface area contributed by atoms with E-state index < -0.39 is 0 Å². The molecule has 0 radical (unpaired) electrons. The summed E-state index contributed by atoms with van der Waals surface area (Å²) in [6, 6.07) is 0.757. The molecule has 3 heteroatoms. The van der Waals surface area contributed by atoms with Crippen molar-refractivity contribution in [1.29, 1.82) is 0 Å². The van der Waals surface area contributed by atoms with E-state index in [-0.39, 0.29) is 0 Å². The van der Waals surface area contributed by atoms with Gasteiger partial charge >= 0.3 is 0 Å². The number of hydrogen-bond donors (Lipinski definition) is 1. The summed E-state index contributed by atoms with van der Waals surface area (Å²) in [7, 11) is 4.29. The zero-order chi connectivity index (χ0) is 7.56. The molecule has 1 aliphatic rings. The van der Waals surface area contributed by atoms with E-state index in [1.165, 1.54) is 19.5 Å². The Morgan fingerprint density at radius 1 is 1.60 bits per heavy atom. The molecule has 1 rings (SSSR count). The first-order valence-electron chi connectivity index (χ1n) is 3.73. The number of nitrogens with zero attached hydrogens (tertiary/aromatic N) is 2. The molecule has 10 heavy (non-hydrogen) atoms. The van der Waals surface area contributed by atoms with Crippen LogP contribution in [0.2, 0.25) is 0 Å². The Kier molecular flexibility index (Phi) is 3.01. The van der Waals surface area contributed by atoms with Crippen LogP contribution in [-0.2, 0) is 0 Å². The van der Waals surface area contributed by atoms with Crippen molar-refractivity contribution in [3.8, 4) is 0 Å². The maximum absolute atomic E-state index is 4.23. The number of likely N-dealkylation sites (N-methyl/N-ethyl adjacent to an activating group) is 1. The van der Waals surface area contributed by atoms with E-state index >= 15 is 0 Å². The van der Waals surface area contributed by atoms with Gasteiger partial charge in [-0.05, 0) is 20.5 Å². The summed E-state index contributed by atoms with van der Waals surface area (Å²) in [5, 5.41) is 0. The van der Waals surface area contributed by atoms with Gasteiger partial charge in [0.05, 0.1) is 0 Å². The molecule has 2 nitrogen and oxygen atoms in total. The Labute approximate surface area is 68.6 Å². The maximum Gasteiger partial charge on any atom is 0.0414 e. The molecular weight excluding hydrogens is 144 g/mol. The van der Waals surface area contributed by atoms with Gasteiger partial charge < -0.3 is 4.90 Å². The molecule has 1 saturated heterocycles. The Hall–Kier alpha value is 0.270. The lowest BCUT2D eigenvalue weighted by Crippen LogP contribution is -2.31. The van der Waals surface area contributed by atoms with Crippen molar-refractivity contribution in [3.63, 3.8) is 0 Å². The van der Waals surface area contributed by atoms with Crippen molar-refractivity contribution >= 4 is 12.6 Å². The molecule has 0 aliphatic carbocycles. The van der Waals surface area contributed by atoms with Gasteiger partial charge in [-0.15, -0.1) is 0 Å². The summed E-state index contributed by atoms with van der Waals surface area (Å²) < 4.78 is 0. The molecule has 1 fully saturated rings. The van der Waals surface area contributed by atoms with Crippen molar-refractivity contribution in [3.05, 3.63) is 0 Å². The summed E-state index contributed by atoms with van der Waals surface area (Å²) >= 11 is 4.23. The molecule has 1 aliphatic heterocycles. The van der Waals surface area contributed by atoms with Crippen molar-refractivity contribution in [2.75, 3.05) is 33.1 Å². The van der Waals surface area contributed by atoms with Crippen LogP contribution in [0.15, 0.2) is 0 Å². The third kappa shape index (κ3) is 1.87. The van der Waals surface area contributed by atoms with Crippen LogP contribution in [0, 0.1) is 0 Å². The third-order valence-corrected chi connectivity index (χ3v) is 2.58. The molecular formula is C7H16N2S. The number of thiol groups is 1.